The predicted octanol–water partition coefficient (Wildman–Crippen LogP) is 1.96. The van der Waals surface area contributed by atoms with Gasteiger partial charge >= 0.3 is 0 Å². The largest absolute Gasteiger partial charge is 0.396 e. The van der Waals surface area contributed by atoms with Gasteiger partial charge in [0.25, 0.3) is 0 Å². The second kappa shape index (κ2) is 8.52. The van der Waals surface area contributed by atoms with Crippen molar-refractivity contribution in [3.8, 4) is 0 Å². The molecule has 1 aromatic carbocycles. The minimum absolute atomic E-state index is 0.244. The van der Waals surface area contributed by atoms with E-state index in [4.69, 9.17) is 0 Å². The van der Waals surface area contributed by atoms with Gasteiger partial charge in [0.2, 0.25) is 5.91 Å². The Morgan fingerprint density at radius 3 is 2.46 bits per heavy atom. The molecule has 5 nitrogen and oxygen atoms in total. The van der Waals surface area contributed by atoms with Gasteiger partial charge in [-0.15, -0.1) is 0 Å². The number of likely N-dealkylation sites (N-methyl/N-ethyl adjacent to an activating group) is 1. The lowest BCUT2D eigenvalue weighted by Gasteiger charge is -2.47. The molecule has 154 valence electrons. The van der Waals surface area contributed by atoms with Crippen LogP contribution in [0.5, 0.6) is 0 Å². The number of piperazine rings is 1. The van der Waals surface area contributed by atoms with Gasteiger partial charge in [-0.25, -0.2) is 0 Å². The number of carbonyl (C=O) groups excluding carboxylic acids is 1. The topological polar surface area (TPSA) is 47.0 Å². The Bertz CT molecular complexity index is 653. The van der Waals surface area contributed by atoms with Crippen LogP contribution in [-0.2, 0) is 10.2 Å². The second-order valence-electron chi connectivity index (χ2n) is 9.02. The Kier molecular flexibility index (Phi) is 6.04. The molecule has 1 aliphatic carbocycles. The van der Waals surface area contributed by atoms with Crippen LogP contribution in [0.2, 0.25) is 0 Å². The standard InChI is InChI=1S/C23H35N3O2/c1-24-13-15-25(16-14-24)21-9-12-26(18-19(21)6-5-17-27)22(28)23(10-11-23)20-7-3-2-4-8-20/h2-4,7-8,19,21,27H,5-6,9-18H2,1H3/t19-,21+/m0/s1. The Hall–Kier alpha value is -1.43. The summed E-state index contributed by atoms with van der Waals surface area (Å²) in [4.78, 5) is 20.7. The van der Waals surface area contributed by atoms with Crippen LogP contribution in [0.25, 0.3) is 0 Å². The third-order valence-electron chi connectivity index (χ3n) is 7.21. The number of piperidine rings is 1. The average Bonchev–Trinajstić information content (AvgIpc) is 3.55. The maximum Gasteiger partial charge on any atom is 0.233 e. The number of likely N-dealkylation sites (tertiary alicyclic amines) is 1. The quantitative estimate of drug-likeness (QED) is 0.813. The van der Waals surface area contributed by atoms with Crippen molar-refractivity contribution in [2.24, 2.45) is 5.92 Å². The number of hydrogen-bond donors (Lipinski definition) is 1. The van der Waals surface area contributed by atoms with Crippen molar-refractivity contribution in [2.45, 2.75) is 43.6 Å². The summed E-state index contributed by atoms with van der Waals surface area (Å²) in [5, 5.41) is 9.39. The van der Waals surface area contributed by atoms with Gasteiger partial charge in [-0.1, -0.05) is 30.3 Å². The van der Waals surface area contributed by atoms with Crippen molar-refractivity contribution < 1.29 is 9.90 Å². The zero-order chi connectivity index (χ0) is 19.6. The van der Waals surface area contributed by atoms with E-state index in [0.29, 0.717) is 17.9 Å². The summed E-state index contributed by atoms with van der Waals surface area (Å²) in [5.41, 5.74) is 0.928. The SMILES string of the molecule is CN1CCN([C@@H]2CCN(C(=O)C3(c4ccccc4)CC3)C[C@@H]2CCCO)CC1. The molecule has 1 saturated carbocycles. The highest BCUT2D eigenvalue weighted by Crippen LogP contribution is 2.50. The molecule has 3 fully saturated rings. The second-order valence-corrected chi connectivity index (χ2v) is 9.02. The van der Waals surface area contributed by atoms with Crippen molar-refractivity contribution in [1.82, 2.24) is 14.7 Å². The number of nitrogens with zero attached hydrogens (tertiary/aromatic N) is 3. The lowest BCUT2D eigenvalue weighted by molar-refractivity contribution is -0.137. The molecule has 0 bridgehead atoms. The summed E-state index contributed by atoms with van der Waals surface area (Å²) >= 11 is 0. The van der Waals surface area contributed by atoms with E-state index in [1.54, 1.807) is 0 Å². The number of aliphatic hydroxyl groups excluding tert-OH is 1. The van der Waals surface area contributed by atoms with Crippen LogP contribution >= 0.6 is 0 Å². The molecule has 0 unspecified atom stereocenters. The van der Waals surface area contributed by atoms with Crippen molar-refractivity contribution in [2.75, 3.05) is 52.9 Å². The Morgan fingerprint density at radius 1 is 1.11 bits per heavy atom. The fraction of sp³-hybridized carbons (Fsp3) is 0.696. The molecule has 1 amide bonds. The van der Waals surface area contributed by atoms with E-state index in [1.807, 2.05) is 18.2 Å². The van der Waals surface area contributed by atoms with Gasteiger partial charge in [0, 0.05) is 51.9 Å². The first-order chi connectivity index (χ1) is 13.6. The molecule has 2 heterocycles. The lowest BCUT2D eigenvalue weighted by atomic mass is 9.85. The number of hydrogen-bond acceptors (Lipinski definition) is 4. The van der Waals surface area contributed by atoms with E-state index in [0.717, 1.165) is 71.4 Å². The first kappa shape index (κ1) is 19.9. The molecule has 1 N–H and O–H groups in total. The molecule has 2 atom stereocenters. The van der Waals surface area contributed by atoms with Gasteiger partial charge in [0.15, 0.2) is 0 Å². The van der Waals surface area contributed by atoms with Crippen LogP contribution < -0.4 is 0 Å². The lowest BCUT2D eigenvalue weighted by Crippen LogP contribution is -2.57. The first-order valence-electron chi connectivity index (χ1n) is 11.0. The summed E-state index contributed by atoms with van der Waals surface area (Å²) in [6.07, 6.45) is 4.87. The van der Waals surface area contributed by atoms with Gasteiger partial charge in [-0.2, -0.15) is 0 Å². The molecule has 0 spiro atoms. The predicted molar refractivity (Wildman–Crippen MR) is 111 cm³/mol. The van der Waals surface area contributed by atoms with E-state index in [1.165, 1.54) is 5.56 Å². The third kappa shape index (κ3) is 3.98. The van der Waals surface area contributed by atoms with E-state index in [2.05, 4.69) is 33.9 Å². The highest BCUT2D eigenvalue weighted by molar-refractivity contribution is 5.91. The van der Waals surface area contributed by atoms with Gasteiger partial charge < -0.3 is 14.9 Å². The van der Waals surface area contributed by atoms with E-state index in [9.17, 15) is 9.90 Å². The number of carbonyl (C=O) groups is 1. The third-order valence-corrected chi connectivity index (χ3v) is 7.21. The Labute approximate surface area is 169 Å². The maximum atomic E-state index is 13.5. The van der Waals surface area contributed by atoms with Gasteiger partial charge in [0.05, 0.1) is 5.41 Å². The molecular formula is C23H35N3O2. The molecule has 0 aromatic heterocycles. The number of aliphatic hydroxyl groups is 1. The molecule has 28 heavy (non-hydrogen) atoms. The molecule has 4 rings (SSSR count). The van der Waals surface area contributed by atoms with E-state index >= 15 is 0 Å². The van der Waals surface area contributed by atoms with Crippen LogP contribution in [0, 0.1) is 5.92 Å². The molecular weight excluding hydrogens is 350 g/mol. The molecule has 2 aliphatic heterocycles. The Morgan fingerprint density at radius 2 is 1.82 bits per heavy atom. The summed E-state index contributed by atoms with van der Waals surface area (Å²) in [6, 6.07) is 10.9. The summed E-state index contributed by atoms with van der Waals surface area (Å²) in [5.74, 6) is 0.810. The van der Waals surface area contributed by atoms with Crippen molar-refractivity contribution in [3.63, 3.8) is 0 Å². The molecule has 3 aliphatic rings. The highest BCUT2D eigenvalue weighted by Gasteiger charge is 2.53. The fourth-order valence-corrected chi connectivity index (χ4v) is 5.29. The highest BCUT2D eigenvalue weighted by atomic mass is 16.3. The van der Waals surface area contributed by atoms with Crippen LogP contribution in [0.1, 0.15) is 37.7 Å². The maximum absolute atomic E-state index is 13.5. The Balaban J connectivity index is 1.45. The van der Waals surface area contributed by atoms with Crippen LogP contribution in [0.4, 0.5) is 0 Å². The molecule has 0 radical (unpaired) electrons. The number of benzene rings is 1. The average molecular weight is 386 g/mol. The van der Waals surface area contributed by atoms with Crippen LogP contribution in [-0.4, -0.2) is 84.7 Å². The monoisotopic (exact) mass is 385 g/mol. The molecule has 5 heteroatoms. The molecule has 1 aromatic rings. The number of amides is 1. The van der Waals surface area contributed by atoms with Gasteiger partial charge in [0.1, 0.15) is 0 Å². The van der Waals surface area contributed by atoms with Crippen molar-refractivity contribution in [1.29, 1.82) is 0 Å². The van der Waals surface area contributed by atoms with Gasteiger partial charge in [-0.3, -0.25) is 9.69 Å². The van der Waals surface area contributed by atoms with E-state index in [-0.39, 0.29) is 12.0 Å². The first-order valence-corrected chi connectivity index (χ1v) is 11.0. The normalized spacial score (nSPS) is 28.3. The minimum atomic E-state index is -0.260. The van der Waals surface area contributed by atoms with Crippen molar-refractivity contribution >= 4 is 5.91 Å². The van der Waals surface area contributed by atoms with Gasteiger partial charge in [-0.05, 0) is 50.6 Å². The fourth-order valence-electron chi connectivity index (χ4n) is 5.29. The zero-order valence-corrected chi connectivity index (χ0v) is 17.2. The summed E-state index contributed by atoms with van der Waals surface area (Å²) in [6.45, 7) is 6.47. The van der Waals surface area contributed by atoms with E-state index < -0.39 is 0 Å². The minimum Gasteiger partial charge on any atom is -0.396 e. The van der Waals surface area contributed by atoms with Crippen LogP contribution in [0.3, 0.4) is 0 Å². The summed E-state index contributed by atoms with van der Waals surface area (Å²) < 4.78 is 0. The van der Waals surface area contributed by atoms with Crippen molar-refractivity contribution in [3.05, 3.63) is 35.9 Å². The summed E-state index contributed by atoms with van der Waals surface area (Å²) in [7, 11) is 2.19. The smallest absolute Gasteiger partial charge is 0.233 e. The van der Waals surface area contributed by atoms with Crippen LogP contribution in [0.15, 0.2) is 30.3 Å². The number of rotatable bonds is 6. The molecule has 2 saturated heterocycles. The zero-order valence-electron chi connectivity index (χ0n) is 17.2.